The van der Waals surface area contributed by atoms with Gasteiger partial charge in [0, 0.05) is 23.1 Å². The molecule has 0 saturated heterocycles. The fraction of sp³-hybridized carbons (Fsp3) is 0.450. The van der Waals surface area contributed by atoms with E-state index in [2.05, 4.69) is 5.32 Å². The number of fused-ring (bicyclic) bond motifs is 1. The average molecular weight is 329 g/mol. The first-order valence-corrected chi connectivity index (χ1v) is 8.65. The maximum Gasteiger partial charge on any atom is 0.256 e. The topological polar surface area (TPSA) is 47.6 Å². The molecule has 0 saturated carbocycles. The Balaban J connectivity index is 2.33. The van der Waals surface area contributed by atoms with Crippen molar-refractivity contribution in [1.82, 2.24) is 0 Å². The van der Waals surface area contributed by atoms with Gasteiger partial charge < -0.3 is 14.8 Å². The summed E-state index contributed by atoms with van der Waals surface area (Å²) in [5.41, 5.74) is -0.0470. The molecule has 4 nitrogen and oxygen atoms in total. The molecule has 0 aliphatic carbocycles. The van der Waals surface area contributed by atoms with Gasteiger partial charge >= 0.3 is 0 Å². The van der Waals surface area contributed by atoms with Crippen molar-refractivity contribution in [3.8, 4) is 5.75 Å². The number of benzene rings is 2. The molecule has 0 aromatic heterocycles. The lowest BCUT2D eigenvalue weighted by Crippen LogP contribution is -2.42. The van der Waals surface area contributed by atoms with E-state index in [0.717, 1.165) is 28.6 Å². The van der Waals surface area contributed by atoms with E-state index in [9.17, 15) is 4.79 Å². The minimum absolute atomic E-state index is 0.118. The zero-order valence-corrected chi connectivity index (χ0v) is 15.0. The molecule has 4 heteroatoms. The van der Waals surface area contributed by atoms with E-state index < -0.39 is 5.60 Å². The zero-order valence-electron chi connectivity index (χ0n) is 15.0. The van der Waals surface area contributed by atoms with Crippen molar-refractivity contribution in [2.75, 3.05) is 18.5 Å². The molecule has 0 spiro atoms. The monoisotopic (exact) mass is 329 g/mol. The molecule has 1 unspecified atom stereocenters. The van der Waals surface area contributed by atoms with Crippen molar-refractivity contribution < 1.29 is 14.3 Å². The Morgan fingerprint density at radius 3 is 2.42 bits per heavy atom. The molecule has 0 radical (unpaired) electrons. The summed E-state index contributed by atoms with van der Waals surface area (Å²) in [5.74, 6) is 0.708. The molecule has 0 bridgehead atoms. The van der Waals surface area contributed by atoms with Crippen molar-refractivity contribution in [2.24, 2.45) is 0 Å². The summed E-state index contributed by atoms with van der Waals surface area (Å²) in [7, 11) is 0. The smallest absolute Gasteiger partial charge is 0.256 e. The van der Waals surface area contributed by atoms with Crippen molar-refractivity contribution >= 4 is 22.4 Å². The van der Waals surface area contributed by atoms with Crippen molar-refractivity contribution in [3.63, 3.8) is 0 Å². The van der Waals surface area contributed by atoms with Gasteiger partial charge in [0.05, 0.1) is 6.61 Å². The van der Waals surface area contributed by atoms with Gasteiger partial charge in [0.15, 0.2) is 0 Å². The molecule has 0 fully saturated rings. The molecule has 0 aliphatic heterocycles. The Bertz CT molecular complexity index is 698. The van der Waals surface area contributed by atoms with Gasteiger partial charge in [-0.1, -0.05) is 38.1 Å². The highest BCUT2D eigenvalue weighted by Crippen LogP contribution is 2.32. The van der Waals surface area contributed by atoms with Gasteiger partial charge in [-0.25, -0.2) is 0 Å². The molecular weight excluding hydrogens is 302 g/mol. The quantitative estimate of drug-likeness (QED) is 0.758. The van der Waals surface area contributed by atoms with Gasteiger partial charge in [0.2, 0.25) is 0 Å². The molecule has 1 N–H and O–H groups in total. The molecule has 0 heterocycles. The number of nitrogens with one attached hydrogen (secondary N) is 1. The van der Waals surface area contributed by atoms with Crippen LogP contribution in [0, 0.1) is 0 Å². The van der Waals surface area contributed by atoms with Gasteiger partial charge in [0.1, 0.15) is 11.4 Å². The van der Waals surface area contributed by atoms with E-state index in [-0.39, 0.29) is 5.91 Å². The Morgan fingerprint density at radius 2 is 1.79 bits per heavy atom. The van der Waals surface area contributed by atoms with E-state index >= 15 is 0 Å². The molecule has 0 aliphatic rings. The Labute approximate surface area is 144 Å². The number of anilines is 1. The summed E-state index contributed by atoms with van der Waals surface area (Å²) in [6, 6.07) is 11.7. The van der Waals surface area contributed by atoms with Crippen LogP contribution in [0.4, 0.5) is 5.69 Å². The summed E-state index contributed by atoms with van der Waals surface area (Å²) < 4.78 is 11.5. The largest absolute Gasteiger partial charge is 0.493 e. The minimum atomic E-state index is -0.824. The van der Waals surface area contributed by atoms with Crippen LogP contribution in [0.2, 0.25) is 0 Å². The third kappa shape index (κ3) is 3.88. The third-order valence-corrected chi connectivity index (χ3v) is 4.21. The van der Waals surface area contributed by atoms with Gasteiger partial charge in [-0.3, -0.25) is 4.79 Å². The molecule has 24 heavy (non-hydrogen) atoms. The average Bonchev–Trinajstić information content (AvgIpc) is 2.61. The zero-order chi connectivity index (χ0) is 17.6. The van der Waals surface area contributed by atoms with Crippen LogP contribution in [0.1, 0.15) is 40.5 Å². The van der Waals surface area contributed by atoms with Gasteiger partial charge in [0.25, 0.3) is 5.91 Å². The SMILES string of the molecule is CCCOC(C)(CC)C(=O)Nc1ccc(OCC)c2ccccc12. The lowest BCUT2D eigenvalue weighted by atomic mass is 10.0. The Kier molecular flexibility index (Phi) is 6.21. The highest BCUT2D eigenvalue weighted by molar-refractivity contribution is 6.06. The van der Waals surface area contributed by atoms with Crippen LogP contribution in [0.15, 0.2) is 36.4 Å². The number of rotatable bonds is 8. The first kappa shape index (κ1) is 18.3. The minimum Gasteiger partial charge on any atom is -0.493 e. The van der Waals surface area contributed by atoms with Crippen LogP contribution < -0.4 is 10.1 Å². The predicted octanol–water partition coefficient (Wildman–Crippen LogP) is 4.77. The first-order valence-electron chi connectivity index (χ1n) is 8.65. The molecule has 2 aromatic carbocycles. The van der Waals surface area contributed by atoms with Crippen LogP contribution in [0.25, 0.3) is 10.8 Å². The lowest BCUT2D eigenvalue weighted by molar-refractivity contribution is -0.139. The van der Waals surface area contributed by atoms with Crippen molar-refractivity contribution in [3.05, 3.63) is 36.4 Å². The number of hydrogen-bond donors (Lipinski definition) is 1. The van der Waals surface area contributed by atoms with E-state index in [1.807, 2.05) is 64.1 Å². The summed E-state index contributed by atoms with van der Waals surface area (Å²) >= 11 is 0. The number of hydrogen-bond acceptors (Lipinski definition) is 3. The fourth-order valence-corrected chi connectivity index (χ4v) is 2.57. The molecule has 1 amide bonds. The van der Waals surface area contributed by atoms with Crippen LogP contribution in [0.5, 0.6) is 5.75 Å². The normalized spacial score (nSPS) is 13.5. The van der Waals surface area contributed by atoms with Crippen LogP contribution in [-0.4, -0.2) is 24.7 Å². The maximum atomic E-state index is 12.8. The van der Waals surface area contributed by atoms with E-state index in [0.29, 0.717) is 19.6 Å². The molecule has 2 rings (SSSR count). The summed E-state index contributed by atoms with van der Waals surface area (Å²) in [6.45, 7) is 8.98. The summed E-state index contributed by atoms with van der Waals surface area (Å²) in [5, 5.41) is 4.99. The van der Waals surface area contributed by atoms with Gasteiger partial charge in [-0.05, 0) is 38.8 Å². The van der Waals surface area contributed by atoms with Gasteiger partial charge in [-0.15, -0.1) is 0 Å². The number of carbonyl (C=O) groups is 1. The Hall–Kier alpha value is -2.07. The summed E-state index contributed by atoms with van der Waals surface area (Å²) in [4.78, 5) is 12.8. The standard InChI is InChI=1S/C20H27NO3/c1-5-14-24-20(4,6-2)19(22)21-17-12-13-18(23-7-3)16-11-9-8-10-15(16)17/h8-13H,5-7,14H2,1-4H3,(H,21,22). The van der Waals surface area contributed by atoms with Crippen LogP contribution in [-0.2, 0) is 9.53 Å². The molecule has 2 aromatic rings. The van der Waals surface area contributed by atoms with E-state index in [4.69, 9.17) is 9.47 Å². The maximum absolute atomic E-state index is 12.8. The number of ether oxygens (including phenoxy) is 2. The highest BCUT2D eigenvalue weighted by atomic mass is 16.5. The van der Waals surface area contributed by atoms with E-state index in [1.165, 1.54) is 0 Å². The highest BCUT2D eigenvalue weighted by Gasteiger charge is 2.32. The van der Waals surface area contributed by atoms with E-state index in [1.54, 1.807) is 0 Å². The number of amides is 1. The third-order valence-electron chi connectivity index (χ3n) is 4.21. The first-order chi connectivity index (χ1) is 11.6. The van der Waals surface area contributed by atoms with Crippen molar-refractivity contribution in [1.29, 1.82) is 0 Å². The van der Waals surface area contributed by atoms with Crippen LogP contribution in [0.3, 0.4) is 0 Å². The van der Waals surface area contributed by atoms with Crippen molar-refractivity contribution in [2.45, 2.75) is 46.1 Å². The number of carbonyl (C=O) groups excluding carboxylic acids is 1. The molecular formula is C20H27NO3. The molecule has 130 valence electrons. The predicted molar refractivity (Wildman–Crippen MR) is 98.7 cm³/mol. The second kappa shape index (κ2) is 8.15. The summed E-state index contributed by atoms with van der Waals surface area (Å²) in [6.07, 6.45) is 1.50. The van der Waals surface area contributed by atoms with Gasteiger partial charge in [-0.2, -0.15) is 0 Å². The fourth-order valence-electron chi connectivity index (χ4n) is 2.57. The van der Waals surface area contributed by atoms with Crippen LogP contribution >= 0.6 is 0 Å². The lowest BCUT2D eigenvalue weighted by Gasteiger charge is -2.27. The molecule has 1 atom stereocenters. The second-order valence-corrected chi connectivity index (χ2v) is 5.98. The Morgan fingerprint density at radius 1 is 1.08 bits per heavy atom. The second-order valence-electron chi connectivity index (χ2n) is 5.98.